The summed E-state index contributed by atoms with van der Waals surface area (Å²) < 4.78 is 5.70. The molecule has 0 radical (unpaired) electrons. The normalized spacial score (nSPS) is 21.4. The van der Waals surface area contributed by atoms with Gasteiger partial charge in [0.05, 0.1) is 6.10 Å². The Bertz CT molecular complexity index is 374. The molecule has 2 unspecified atom stereocenters. The lowest BCUT2D eigenvalue weighted by atomic mass is 10.0. The molecule has 4 heteroatoms. The van der Waals surface area contributed by atoms with Crippen LogP contribution in [0.1, 0.15) is 25.5 Å². The average molecular weight is 297 g/mol. The van der Waals surface area contributed by atoms with Crippen molar-refractivity contribution in [2.24, 2.45) is 0 Å². The van der Waals surface area contributed by atoms with Crippen LogP contribution in [0.3, 0.4) is 0 Å². The molecule has 0 amide bonds. The lowest BCUT2D eigenvalue weighted by molar-refractivity contribution is 0.242. The third kappa shape index (κ3) is 4.33. The maximum atomic E-state index is 5.70. The van der Waals surface area contributed by atoms with Crippen molar-refractivity contribution in [1.29, 1.82) is 0 Å². The lowest BCUT2D eigenvalue weighted by Crippen LogP contribution is -2.31. The van der Waals surface area contributed by atoms with Gasteiger partial charge in [0.15, 0.2) is 0 Å². The second-order valence-corrected chi connectivity index (χ2v) is 7.48. The number of rotatable bonds is 5. The highest BCUT2D eigenvalue weighted by Gasteiger charge is 2.24. The van der Waals surface area contributed by atoms with Gasteiger partial charge in [-0.15, -0.1) is 0 Å². The summed E-state index contributed by atoms with van der Waals surface area (Å²) in [5.74, 6) is 4.75. The molecule has 1 fully saturated rings. The molecule has 2 atom stereocenters. The van der Waals surface area contributed by atoms with E-state index in [1.807, 2.05) is 0 Å². The van der Waals surface area contributed by atoms with E-state index < -0.39 is 0 Å². The summed E-state index contributed by atoms with van der Waals surface area (Å²) in [6.07, 6.45) is 0.233. The Kier molecular flexibility index (Phi) is 5.92. The van der Waals surface area contributed by atoms with Gasteiger partial charge in [0.25, 0.3) is 0 Å². The van der Waals surface area contributed by atoms with E-state index in [0.717, 1.165) is 5.75 Å². The summed E-state index contributed by atoms with van der Waals surface area (Å²) in [6, 6.07) is 8.99. The van der Waals surface area contributed by atoms with E-state index in [2.05, 4.69) is 74.0 Å². The number of ether oxygens (including phenoxy) is 1. The third-order valence-corrected chi connectivity index (χ3v) is 6.00. The first-order valence-electron chi connectivity index (χ1n) is 6.84. The monoisotopic (exact) mass is 297 g/mol. The van der Waals surface area contributed by atoms with Crippen LogP contribution in [0.25, 0.3) is 0 Å². The van der Waals surface area contributed by atoms with Crippen LogP contribution in [0.15, 0.2) is 24.3 Å². The lowest BCUT2D eigenvalue weighted by Gasteiger charge is -2.29. The van der Waals surface area contributed by atoms with Gasteiger partial charge in [-0.3, -0.25) is 0 Å². The van der Waals surface area contributed by atoms with Crippen molar-refractivity contribution in [3.05, 3.63) is 29.8 Å². The van der Waals surface area contributed by atoms with Crippen LogP contribution in [-0.4, -0.2) is 35.7 Å². The molecule has 1 aromatic carbocycles. The van der Waals surface area contributed by atoms with Crippen molar-refractivity contribution < 1.29 is 4.74 Å². The number of hydrogen-bond acceptors (Lipinski definition) is 4. The first kappa shape index (κ1) is 15.1. The molecule has 1 aromatic rings. The van der Waals surface area contributed by atoms with Gasteiger partial charge in [-0.05, 0) is 38.6 Å². The van der Waals surface area contributed by atoms with E-state index >= 15 is 0 Å². The number of thioether (sulfide) groups is 2. The van der Waals surface area contributed by atoms with Gasteiger partial charge in [-0.25, -0.2) is 0 Å². The molecule has 1 saturated heterocycles. The van der Waals surface area contributed by atoms with E-state index in [9.17, 15) is 0 Å². The van der Waals surface area contributed by atoms with Gasteiger partial charge in [-0.2, -0.15) is 23.5 Å². The van der Waals surface area contributed by atoms with Crippen LogP contribution in [-0.2, 0) is 0 Å². The molecule has 1 N–H and O–H groups in total. The van der Waals surface area contributed by atoms with Crippen LogP contribution in [0.5, 0.6) is 5.75 Å². The number of hydrogen-bond donors (Lipinski definition) is 1. The van der Waals surface area contributed by atoms with Crippen molar-refractivity contribution in [1.82, 2.24) is 5.32 Å². The maximum absolute atomic E-state index is 5.70. The second-order valence-electron chi connectivity index (χ2n) is 4.99. The van der Waals surface area contributed by atoms with Crippen LogP contribution >= 0.6 is 23.5 Å². The fraction of sp³-hybridized carbons (Fsp3) is 0.600. The van der Waals surface area contributed by atoms with E-state index in [1.54, 1.807) is 0 Å². The van der Waals surface area contributed by atoms with Crippen molar-refractivity contribution in [2.45, 2.75) is 31.2 Å². The Balaban J connectivity index is 2.05. The molecule has 0 spiro atoms. The van der Waals surface area contributed by atoms with Gasteiger partial charge in [0, 0.05) is 28.6 Å². The zero-order valence-electron chi connectivity index (χ0n) is 11.9. The Morgan fingerprint density at radius 1 is 1.21 bits per heavy atom. The SMILES string of the molecule is CNC(c1ccc(OC(C)C)cc1)C1CSCCS1. The van der Waals surface area contributed by atoms with Crippen LogP contribution in [0, 0.1) is 0 Å². The summed E-state index contributed by atoms with van der Waals surface area (Å²) in [6.45, 7) is 4.11. The summed E-state index contributed by atoms with van der Waals surface area (Å²) in [5, 5.41) is 4.14. The quantitative estimate of drug-likeness (QED) is 0.896. The molecule has 106 valence electrons. The predicted molar refractivity (Wildman–Crippen MR) is 87.6 cm³/mol. The van der Waals surface area contributed by atoms with Gasteiger partial charge in [0.2, 0.25) is 0 Å². The average Bonchev–Trinajstić information content (AvgIpc) is 2.42. The summed E-state index contributed by atoms with van der Waals surface area (Å²) in [5.41, 5.74) is 1.36. The Morgan fingerprint density at radius 2 is 1.95 bits per heavy atom. The molecule has 2 nitrogen and oxygen atoms in total. The van der Waals surface area contributed by atoms with Crippen molar-refractivity contribution in [2.75, 3.05) is 24.3 Å². The fourth-order valence-electron chi connectivity index (χ4n) is 2.29. The second kappa shape index (κ2) is 7.46. The molecule has 0 saturated carbocycles. The molecule has 2 rings (SSSR count). The highest BCUT2D eigenvalue weighted by molar-refractivity contribution is 8.06. The standard InChI is InChI=1S/C15H23NOS2/c1-11(2)17-13-6-4-12(5-7-13)15(16-3)14-10-18-8-9-19-14/h4-7,11,14-16H,8-10H2,1-3H3. The van der Waals surface area contributed by atoms with Crippen LogP contribution in [0.2, 0.25) is 0 Å². The minimum Gasteiger partial charge on any atom is -0.491 e. The molecule has 0 aliphatic carbocycles. The zero-order valence-corrected chi connectivity index (χ0v) is 13.5. The van der Waals surface area contributed by atoms with Gasteiger partial charge in [0.1, 0.15) is 5.75 Å². The number of benzene rings is 1. The Hall–Kier alpha value is -0.320. The van der Waals surface area contributed by atoms with Crippen molar-refractivity contribution in [3.8, 4) is 5.75 Å². The molecule has 1 heterocycles. The Labute approximate surface area is 125 Å². The maximum Gasteiger partial charge on any atom is 0.119 e. The van der Waals surface area contributed by atoms with E-state index in [4.69, 9.17) is 4.74 Å². The summed E-state index contributed by atoms with van der Waals surface area (Å²) in [7, 11) is 2.06. The van der Waals surface area contributed by atoms with Gasteiger partial charge < -0.3 is 10.1 Å². The highest BCUT2D eigenvalue weighted by Crippen LogP contribution is 2.33. The first-order valence-corrected chi connectivity index (χ1v) is 9.04. The molecule has 1 aliphatic heterocycles. The zero-order chi connectivity index (χ0) is 13.7. The van der Waals surface area contributed by atoms with Gasteiger partial charge in [-0.1, -0.05) is 12.1 Å². The van der Waals surface area contributed by atoms with Crippen LogP contribution < -0.4 is 10.1 Å². The van der Waals surface area contributed by atoms with Crippen LogP contribution in [0.4, 0.5) is 0 Å². The van der Waals surface area contributed by atoms with Crippen molar-refractivity contribution in [3.63, 3.8) is 0 Å². The Morgan fingerprint density at radius 3 is 2.47 bits per heavy atom. The summed E-state index contributed by atoms with van der Waals surface area (Å²) >= 11 is 4.16. The molecular weight excluding hydrogens is 274 g/mol. The minimum absolute atomic E-state index is 0.233. The van der Waals surface area contributed by atoms with Gasteiger partial charge >= 0.3 is 0 Å². The third-order valence-electron chi connectivity index (χ3n) is 3.14. The molecule has 1 aliphatic rings. The molecule has 19 heavy (non-hydrogen) atoms. The first-order chi connectivity index (χ1) is 9.20. The van der Waals surface area contributed by atoms with E-state index in [1.165, 1.54) is 22.8 Å². The fourth-order valence-corrected chi connectivity index (χ4v) is 5.20. The van der Waals surface area contributed by atoms with E-state index in [-0.39, 0.29) is 6.10 Å². The molecule has 0 bridgehead atoms. The summed E-state index contributed by atoms with van der Waals surface area (Å²) in [4.78, 5) is 0. The van der Waals surface area contributed by atoms with E-state index in [0.29, 0.717) is 11.3 Å². The smallest absolute Gasteiger partial charge is 0.119 e. The molecule has 0 aromatic heterocycles. The largest absolute Gasteiger partial charge is 0.491 e. The molecular formula is C15H23NOS2. The van der Waals surface area contributed by atoms with Crippen molar-refractivity contribution >= 4 is 23.5 Å². The number of nitrogens with one attached hydrogen (secondary N) is 1. The predicted octanol–water partition coefficient (Wildman–Crippen LogP) is 3.58. The minimum atomic E-state index is 0.233. The topological polar surface area (TPSA) is 21.3 Å². The highest BCUT2D eigenvalue weighted by atomic mass is 32.2.